The smallest absolute Gasteiger partial charge is 0.278 e. The summed E-state index contributed by atoms with van der Waals surface area (Å²) in [5.74, 6) is -0.566. The van der Waals surface area contributed by atoms with Gasteiger partial charge in [0.1, 0.15) is 0 Å². The number of phenolic OH excluding ortho intramolecular Hbond substituents is 2. The number of hydrazone groups is 1. The van der Waals surface area contributed by atoms with Gasteiger partial charge < -0.3 is 25.0 Å². The van der Waals surface area contributed by atoms with E-state index in [9.17, 15) is 25.1 Å². The number of ether oxygens (including phenoxy) is 2. The van der Waals surface area contributed by atoms with E-state index >= 15 is 0 Å². The van der Waals surface area contributed by atoms with Gasteiger partial charge in [0.15, 0.2) is 29.2 Å². The second-order valence-electron chi connectivity index (χ2n) is 7.22. The normalized spacial score (nSPS) is 15.1. The number of phenols is 2. The molecule has 3 aromatic carbocycles. The first-order valence-electron chi connectivity index (χ1n) is 10.00. The summed E-state index contributed by atoms with van der Waals surface area (Å²) in [6.45, 7) is 0. The predicted octanol–water partition coefficient (Wildman–Crippen LogP) is 3.62. The van der Waals surface area contributed by atoms with Crippen LogP contribution in [0.1, 0.15) is 27.7 Å². The van der Waals surface area contributed by atoms with E-state index in [4.69, 9.17) is 9.47 Å². The van der Waals surface area contributed by atoms with Crippen molar-refractivity contribution in [3.63, 3.8) is 0 Å². The van der Waals surface area contributed by atoms with Crippen LogP contribution in [0.5, 0.6) is 23.0 Å². The Labute approximate surface area is 193 Å². The van der Waals surface area contributed by atoms with Crippen molar-refractivity contribution in [1.29, 1.82) is 0 Å². The Balaban J connectivity index is 1.83. The number of nitro groups is 1. The maximum atomic E-state index is 13.4. The van der Waals surface area contributed by atoms with E-state index in [0.717, 1.165) is 5.01 Å². The number of benzene rings is 3. The second kappa shape index (κ2) is 8.98. The molecule has 34 heavy (non-hydrogen) atoms. The number of para-hydroxylation sites is 2. The molecule has 11 heteroatoms. The third-order valence-corrected chi connectivity index (χ3v) is 5.31. The maximum absolute atomic E-state index is 13.4. The Morgan fingerprint density at radius 2 is 1.74 bits per heavy atom. The van der Waals surface area contributed by atoms with E-state index in [2.05, 4.69) is 10.4 Å². The van der Waals surface area contributed by atoms with Crippen LogP contribution in [0.15, 0.2) is 59.7 Å². The third kappa shape index (κ3) is 3.90. The van der Waals surface area contributed by atoms with Crippen molar-refractivity contribution in [2.75, 3.05) is 19.5 Å². The summed E-state index contributed by atoms with van der Waals surface area (Å²) in [5.41, 5.74) is 0.691. The van der Waals surface area contributed by atoms with Crippen molar-refractivity contribution in [3.05, 3.63) is 81.4 Å². The summed E-state index contributed by atoms with van der Waals surface area (Å²) in [6.07, 6.45) is 0.235. The molecule has 0 spiro atoms. The van der Waals surface area contributed by atoms with Crippen molar-refractivity contribution in [3.8, 4) is 23.0 Å². The molecule has 4 rings (SSSR count). The zero-order valence-electron chi connectivity index (χ0n) is 18.1. The number of amides is 1. The van der Waals surface area contributed by atoms with E-state index in [1.54, 1.807) is 36.4 Å². The molecule has 1 aliphatic rings. The van der Waals surface area contributed by atoms with Gasteiger partial charge in [0.05, 0.1) is 36.6 Å². The molecule has 174 valence electrons. The fraction of sp³-hybridized carbons (Fsp3) is 0.130. The molecule has 11 nitrogen and oxygen atoms in total. The van der Waals surface area contributed by atoms with Crippen LogP contribution in [0.4, 0.5) is 11.4 Å². The molecule has 0 aliphatic carbocycles. The highest BCUT2D eigenvalue weighted by Crippen LogP contribution is 2.41. The van der Waals surface area contributed by atoms with Gasteiger partial charge >= 0.3 is 0 Å². The lowest BCUT2D eigenvalue weighted by atomic mass is 10.0. The summed E-state index contributed by atoms with van der Waals surface area (Å²) in [5, 5.41) is 40.7. The van der Waals surface area contributed by atoms with Crippen molar-refractivity contribution < 1.29 is 29.4 Å². The molecule has 0 aromatic heterocycles. The van der Waals surface area contributed by atoms with E-state index < -0.39 is 17.0 Å². The summed E-state index contributed by atoms with van der Waals surface area (Å²) in [4.78, 5) is 24.0. The zero-order valence-corrected chi connectivity index (χ0v) is 18.1. The molecule has 1 unspecified atom stereocenters. The molecule has 1 aliphatic heterocycles. The highest BCUT2D eigenvalue weighted by molar-refractivity contribution is 6.02. The minimum Gasteiger partial charge on any atom is -0.504 e. The van der Waals surface area contributed by atoms with Crippen molar-refractivity contribution >= 4 is 23.5 Å². The Morgan fingerprint density at radius 3 is 2.41 bits per heavy atom. The first-order chi connectivity index (χ1) is 16.3. The third-order valence-electron chi connectivity index (χ3n) is 5.31. The number of aromatic hydroxyl groups is 2. The number of anilines is 1. The van der Waals surface area contributed by atoms with E-state index in [1.807, 2.05) is 0 Å². The van der Waals surface area contributed by atoms with Crippen LogP contribution in [-0.4, -0.2) is 46.5 Å². The fourth-order valence-corrected chi connectivity index (χ4v) is 3.59. The topological polar surface area (TPSA) is 147 Å². The number of hydrogen-bond donors (Lipinski definition) is 3. The molecular formula is C23H20N4O7. The van der Waals surface area contributed by atoms with Crippen molar-refractivity contribution in [1.82, 2.24) is 5.01 Å². The number of rotatable bonds is 6. The summed E-state index contributed by atoms with van der Waals surface area (Å²) in [6, 6.07) is 13.3. The lowest BCUT2D eigenvalue weighted by Crippen LogP contribution is -2.39. The Bertz CT molecular complexity index is 1310. The van der Waals surface area contributed by atoms with Gasteiger partial charge in [-0.3, -0.25) is 14.9 Å². The monoisotopic (exact) mass is 464 g/mol. The van der Waals surface area contributed by atoms with E-state index in [-0.39, 0.29) is 51.1 Å². The average molecular weight is 464 g/mol. The van der Waals surface area contributed by atoms with Crippen molar-refractivity contribution in [2.45, 2.75) is 6.17 Å². The molecule has 0 radical (unpaired) electrons. The molecule has 0 saturated heterocycles. The van der Waals surface area contributed by atoms with Gasteiger partial charge in [-0.05, 0) is 24.3 Å². The highest BCUT2D eigenvalue weighted by atomic mass is 16.6. The largest absolute Gasteiger partial charge is 0.504 e. The molecular weight excluding hydrogens is 444 g/mol. The first kappa shape index (κ1) is 22.4. The number of hydrogen-bond acceptors (Lipinski definition) is 9. The number of non-ortho nitro benzene ring substituents is 1. The minimum absolute atomic E-state index is 0.149. The van der Waals surface area contributed by atoms with Crippen LogP contribution in [0.3, 0.4) is 0 Å². The SMILES string of the molecule is COc1cccc(/C=N/N2C(=O)c3ccc([N+](=O)[O-])cc3NC2c2cccc(OC)c2O)c1O. The Kier molecular flexibility index (Phi) is 5.92. The molecule has 1 amide bonds. The molecule has 0 bridgehead atoms. The highest BCUT2D eigenvalue weighted by Gasteiger charge is 2.36. The first-order valence-corrected chi connectivity index (χ1v) is 10.00. The number of fused-ring (bicyclic) bond motifs is 1. The second-order valence-corrected chi connectivity index (χ2v) is 7.22. The lowest BCUT2D eigenvalue weighted by Gasteiger charge is -2.34. The molecule has 0 fully saturated rings. The quantitative estimate of drug-likeness (QED) is 0.285. The van der Waals surface area contributed by atoms with Crippen LogP contribution in [0, 0.1) is 10.1 Å². The van der Waals surface area contributed by atoms with Gasteiger partial charge in [0.25, 0.3) is 11.6 Å². The minimum atomic E-state index is -1.04. The average Bonchev–Trinajstić information content (AvgIpc) is 2.84. The standard InChI is InChI=1S/C23H20N4O7/c1-33-18-7-3-5-13(20(18)28)12-24-26-22(16-6-4-8-19(34-2)21(16)29)25-17-11-14(27(31)32)9-10-15(17)23(26)30/h3-12,22,25,28-29H,1-2H3/b24-12+. The zero-order chi connectivity index (χ0) is 24.4. The van der Waals surface area contributed by atoms with Gasteiger partial charge in [-0.25, -0.2) is 5.01 Å². The van der Waals surface area contributed by atoms with Crippen LogP contribution in [-0.2, 0) is 0 Å². The van der Waals surface area contributed by atoms with Crippen LogP contribution >= 0.6 is 0 Å². The predicted molar refractivity (Wildman–Crippen MR) is 123 cm³/mol. The fourth-order valence-electron chi connectivity index (χ4n) is 3.59. The molecule has 3 aromatic rings. The van der Waals surface area contributed by atoms with E-state index in [0.29, 0.717) is 0 Å². The van der Waals surface area contributed by atoms with Gasteiger partial charge in [0.2, 0.25) is 0 Å². The van der Waals surface area contributed by atoms with Gasteiger partial charge in [-0.1, -0.05) is 18.2 Å². The number of carbonyl (C=O) groups is 1. The summed E-state index contributed by atoms with van der Waals surface area (Å²) >= 11 is 0. The molecule has 3 N–H and O–H groups in total. The van der Waals surface area contributed by atoms with Crippen LogP contribution in [0.25, 0.3) is 0 Å². The van der Waals surface area contributed by atoms with Gasteiger partial charge in [-0.15, -0.1) is 0 Å². The number of nitrogens with zero attached hydrogens (tertiary/aromatic N) is 3. The van der Waals surface area contributed by atoms with Crippen LogP contribution < -0.4 is 14.8 Å². The van der Waals surface area contributed by atoms with Gasteiger partial charge in [-0.2, -0.15) is 5.10 Å². The molecule has 1 atom stereocenters. The number of carbonyl (C=O) groups excluding carboxylic acids is 1. The van der Waals surface area contributed by atoms with Crippen molar-refractivity contribution in [2.24, 2.45) is 5.10 Å². The van der Waals surface area contributed by atoms with Crippen LogP contribution in [0.2, 0.25) is 0 Å². The number of nitro benzene ring substituents is 1. The van der Waals surface area contributed by atoms with E-state index in [1.165, 1.54) is 38.6 Å². The lowest BCUT2D eigenvalue weighted by molar-refractivity contribution is -0.384. The van der Waals surface area contributed by atoms with Gasteiger partial charge in [0, 0.05) is 23.3 Å². The maximum Gasteiger partial charge on any atom is 0.278 e. The molecule has 0 saturated carbocycles. The number of methoxy groups -OCH3 is 2. The summed E-state index contributed by atoms with van der Waals surface area (Å²) < 4.78 is 10.3. The summed E-state index contributed by atoms with van der Waals surface area (Å²) in [7, 11) is 2.80. The Hall–Kier alpha value is -4.80. The Morgan fingerprint density at radius 1 is 1.06 bits per heavy atom. The molecule has 1 heterocycles. The number of nitrogens with one attached hydrogen (secondary N) is 1.